The van der Waals surface area contributed by atoms with Gasteiger partial charge in [0.25, 0.3) is 0 Å². The standard InChI is InChI=1S/C67H45NO/c1-2-17-54-48(33-32-46-18-9-11-24-55(46)54)42-45-30-36-52(37-31-45)68(64-29-16-14-25-56(64)49-35-41-65-61(43-49)60-39-34-47-19-10-12-26-57(47)66(60)69-65)53-38-40-59-58-27-13-15-28-62(58)67(63(59)44-53,50-20-5-3-6-21-50)51-22-7-4-8-23-51/h2-44H,1H2/b48-42+,54-17+. The van der Waals surface area contributed by atoms with Crippen LogP contribution in [0.5, 0.6) is 0 Å². The third-order valence-electron chi connectivity index (χ3n) is 14.3. The van der Waals surface area contributed by atoms with E-state index < -0.39 is 5.41 Å². The lowest BCUT2D eigenvalue weighted by molar-refractivity contribution is 0.672. The molecule has 0 bridgehead atoms. The molecule has 1 heterocycles. The van der Waals surface area contributed by atoms with Crippen molar-refractivity contribution in [2.75, 3.05) is 4.90 Å². The summed E-state index contributed by atoms with van der Waals surface area (Å²) in [7, 11) is 0. The quantitative estimate of drug-likeness (QED) is 0.151. The van der Waals surface area contributed by atoms with Gasteiger partial charge in [-0.05, 0) is 126 Å². The number of para-hydroxylation sites is 1. The monoisotopic (exact) mass is 879 g/mol. The Morgan fingerprint density at radius 2 is 1.06 bits per heavy atom. The molecule has 13 rings (SSSR count). The lowest BCUT2D eigenvalue weighted by Gasteiger charge is -2.35. The molecule has 0 atom stereocenters. The van der Waals surface area contributed by atoms with Crippen molar-refractivity contribution in [2.24, 2.45) is 0 Å². The minimum absolute atomic E-state index is 0.550. The van der Waals surface area contributed by atoms with Gasteiger partial charge in [0.15, 0.2) is 0 Å². The number of nitrogens with zero attached hydrogens (tertiary/aromatic N) is 1. The van der Waals surface area contributed by atoms with Gasteiger partial charge in [0.05, 0.1) is 11.1 Å². The molecule has 0 fully saturated rings. The summed E-state index contributed by atoms with van der Waals surface area (Å²) < 4.78 is 6.61. The van der Waals surface area contributed by atoms with Crippen molar-refractivity contribution in [3.63, 3.8) is 0 Å². The Hall–Kier alpha value is -8.98. The summed E-state index contributed by atoms with van der Waals surface area (Å²) in [5.74, 6) is 0. The van der Waals surface area contributed by atoms with Crippen LogP contribution < -0.4 is 15.3 Å². The van der Waals surface area contributed by atoms with Crippen LogP contribution in [0.25, 0.3) is 77.9 Å². The SMILES string of the molecule is C=C/C=c1\c(=C\c2ccc(N(c3ccc4c(c3)C(c3ccccc3)(c3ccccc3)c3ccccc3-4)c3ccccc3-c3ccc4oc5c6ccccc6ccc5c4c3)cc2)ccc2ccccc12. The van der Waals surface area contributed by atoms with E-state index >= 15 is 0 Å². The molecule has 0 spiro atoms. The first-order valence-corrected chi connectivity index (χ1v) is 23.7. The van der Waals surface area contributed by atoms with Crippen molar-refractivity contribution in [3.05, 3.63) is 294 Å². The van der Waals surface area contributed by atoms with E-state index in [0.717, 1.165) is 71.5 Å². The molecular weight excluding hydrogens is 835 g/mol. The number of hydrogen-bond donors (Lipinski definition) is 0. The Bertz CT molecular complexity index is 4050. The zero-order chi connectivity index (χ0) is 45.9. The summed E-state index contributed by atoms with van der Waals surface area (Å²) in [6, 6.07) is 88.5. The smallest absolute Gasteiger partial charge is 0.143 e. The van der Waals surface area contributed by atoms with E-state index in [9.17, 15) is 0 Å². The van der Waals surface area contributed by atoms with Crippen LogP contribution in [0.4, 0.5) is 17.1 Å². The van der Waals surface area contributed by atoms with Crippen LogP contribution in [0.2, 0.25) is 0 Å². The average Bonchev–Trinajstić information content (AvgIpc) is 3.94. The summed E-state index contributed by atoms with van der Waals surface area (Å²) in [4.78, 5) is 2.45. The molecule has 69 heavy (non-hydrogen) atoms. The van der Waals surface area contributed by atoms with Gasteiger partial charge in [-0.1, -0.05) is 213 Å². The molecule has 0 N–H and O–H groups in total. The highest BCUT2D eigenvalue weighted by Crippen LogP contribution is 2.57. The van der Waals surface area contributed by atoms with E-state index in [2.05, 4.69) is 266 Å². The van der Waals surface area contributed by atoms with Crippen molar-refractivity contribution in [1.29, 1.82) is 0 Å². The summed E-state index contributed by atoms with van der Waals surface area (Å²) in [6.07, 6.45) is 6.27. The molecule has 11 aromatic carbocycles. The van der Waals surface area contributed by atoms with Gasteiger partial charge in [-0.3, -0.25) is 0 Å². The first-order valence-electron chi connectivity index (χ1n) is 23.7. The molecule has 0 saturated heterocycles. The number of allylic oxidation sites excluding steroid dienone is 1. The third-order valence-corrected chi connectivity index (χ3v) is 14.3. The Kier molecular flexibility index (Phi) is 9.59. The number of anilines is 3. The number of benzene rings is 11. The topological polar surface area (TPSA) is 16.4 Å². The summed E-state index contributed by atoms with van der Waals surface area (Å²) in [5.41, 5.74) is 15.3. The van der Waals surface area contributed by atoms with Crippen LogP contribution in [0.1, 0.15) is 27.8 Å². The fourth-order valence-electron chi connectivity index (χ4n) is 11.2. The van der Waals surface area contributed by atoms with Gasteiger partial charge in [0.2, 0.25) is 0 Å². The van der Waals surface area contributed by atoms with Gasteiger partial charge >= 0.3 is 0 Å². The van der Waals surface area contributed by atoms with Crippen LogP contribution in [0, 0.1) is 0 Å². The molecule has 324 valence electrons. The molecule has 1 aromatic heterocycles. The second-order valence-corrected chi connectivity index (χ2v) is 18.0. The molecule has 1 aliphatic carbocycles. The van der Waals surface area contributed by atoms with Gasteiger partial charge in [-0.15, -0.1) is 0 Å². The molecule has 0 amide bonds. The van der Waals surface area contributed by atoms with Crippen LogP contribution in [-0.4, -0.2) is 0 Å². The molecule has 0 saturated carbocycles. The van der Waals surface area contributed by atoms with Crippen LogP contribution in [0.3, 0.4) is 0 Å². The number of hydrogen-bond acceptors (Lipinski definition) is 2. The molecule has 0 unspecified atom stereocenters. The summed E-state index contributed by atoms with van der Waals surface area (Å²) in [6.45, 7) is 4.06. The number of furan rings is 1. The first kappa shape index (κ1) is 40.3. The summed E-state index contributed by atoms with van der Waals surface area (Å²) in [5, 5.41) is 9.24. The number of fused-ring (bicyclic) bond motifs is 9. The Labute approximate surface area is 401 Å². The predicted molar refractivity (Wildman–Crippen MR) is 290 cm³/mol. The van der Waals surface area contributed by atoms with Gasteiger partial charge in [0.1, 0.15) is 11.2 Å². The van der Waals surface area contributed by atoms with E-state index in [1.165, 1.54) is 49.5 Å². The Morgan fingerprint density at radius 3 is 1.83 bits per heavy atom. The maximum atomic E-state index is 6.61. The van der Waals surface area contributed by atoms with Crippen LogP contribution in [0.15, 0.2) is 260 Å². The van der Waals surface area contributed by atoms with Crippen molar-refractivity contribution >= 4 is 72.7 Å². The molecule has 12 aromatic rings. The third kappa shape index (κ3) is 6.48. The van der Waals surface area contributed by atoms with Gasteiger partial charge in [-0.25, -0.2) is 0 Å². The highest BCUT2D eigenvalue weighted by molar-refractivity contribution is 6.15. The van der Waals surface area contributed by atoms with Gasteiger partial charge in [-0.2, -0.15) is 0 Å². The number of rotatable bonds is 8. The van der Waals surface area contributed by atoms with E-state index in [1.807, 2.05) is 6.08 Å². The van der Waals surface area contributed by atoms with E-state index in [0.29, 0.717) is 0 Å². The summed E-state index contributed by atoms with van der Waals surface area (Å²) >= 11 is 0. The largest absolute Gasteiger partial charge is 0.455 e. The van der Waals surface area contributed by atoms with Gasteiger partial charge in [0, 0.05) is 33.1 Å². The van der Waals surface area contributed by atoms with Gasteiger partial charge < -0.3 is 9.32 Å². The first-order chi connectivity index (χ1) is 34.2. The lowest BCUT2D eigenvalue weighted by Crippen LogP contribution is -2.28. The minimum atomic E-state index is -0.550. The molecule has 1 aliphatic rings. The highest BCUT2D eigenvalue weighted by Gasteiger charge is 2.46. The minimum Gasteiger partial charge on any atom is -0.455 e. The van der Waals surface area contributed by atoms with E-state index in [4.69, 9.17) is 4.42 Å². The lowest BCUT2D eigenvalue weighted by atomic mass is 9.67. The Balaban J connectivity index is 1.03. The molecule has 0 aliphatic heterocycles. The van der Waals surface area contributed by atoms with Crippen LogP contribution in [-0.2, 0) is 5.41 Å². The highest BCUT2D eigenvalue weighted by atomic mass is 16.3. The molecule has 2 nitrogen and oxygen atoms in total. The van der Waals surface area contributed by atoms with Crippen LogP contribution >= 0.6 is 0 Å². The fraction of sp³-hybridized carbons (Fsp3) is 0.0149. The van der Waals surface area contributed by atoms with E-state index in [-0.39, 0.29) is 0 Å². The zero-order valence-corrected chi connectivity index (χ0v) is 37.9. The Morgan fingerprint density at radius 1 is 0.435 bits per heavy atom. The van der Waals surface area contributed by atoms with E-state index in [1.54, 1.807) is 0 Å². The van der Waals surface area contributed by atoms with Crippen molar-refractivity contribution < 1.29 is 4.42 Å². The van der Waals surface area contributed by atoms with Crippen molar-refractivity contribution in [3.8, 4) is 22.3 Å². The molecular formula is C67H45NO. The molecule has 0 radical (unpaired) electrons. The average molecular weight is 880 g/mol. The second-order valence-electron chi connectivity index (χ2n) is 18.0. The zero-order valence-electron chi connectivity index (χ0n) is 37.9. The van der Waals surface area contributed by atoms with Crippen molar-refractivity contribution in [1.82, 2.24) is 0 Å². The van der Waals surface area contributed by atoms with Crippen molar-refractivity contribution in [2.45, 2.75) is 5.41 Å². The maximum absolute atomic E-state index is 6.61. The molecule has 2 heteroatoms. The second kappa shape index (κ2) is 16.4. The normalized spacial score (nSPS) is 13.3. The predicted octanol–water partition coefficient (Wildman–Crippen LogP) is 16.2. The fourth-order valence-corrected chi connectivity index (χ4v) is 11.2. The maximum Gasteiger partial charge on any atom is 0.143 e.